The minimum atomic E-state index is -3.47. The third-order valence-electron chi connectivity index (χ3n) is 2.94. The molecule has 0 unspecified atom stereocenters. The number of hydrogen-bond acceptors (Lipinski definition) is 3. The van der Waals surface area contributed by atoms with Gasteiger partial charge >= 0.3 is 0 Å². The van der Waals surface area contributed by atoms with E-state index in [1.54, 1.807) is 0 Å². The maximum atomic E-state index is 12.2. The van der Waals surface area contributed by atoms with Gasteiger partial charge in [-0.1, -0.05) is 0 Å². The van der Waals surface area contributed by atoms with Gasteiger partial charge in [-0.2, -0.15) is 4.31 Å². The van der Waals surface area contributed by atoms with E-state index in [1.807, 2.05) is 0 Å². The molecule has 2 rings (SSSR count). The van der Waals surface area contributed by atoms with Crippen LogP contribution < -0.4 is 0 Å². The number of nitrogens with zero attached hydrogens (tertiary/aromatic N) is 4. The van der Waals surface area contributed by atoms with Crippen LogP contribution in [0, 0.1) is 0 Å². The average molecular weight is 280 g/mol. The minimum absolute atomic E-state index is 0.145. The fraction of sp³-hybridized carbons (Fsp3) is 0.364. The molecular weight excluding hydrogens is 268 g/mol. The molecule has 7 nitrogen and oxygen atoms in total. The van der Waals surface area contributed by atoms with Gasteiger partial charge in [-0.3, -0.25) is 4.79 Å². The molecule has 8 heteroatoms. The van der Waals surface area contributed by atoms with E-state index in [0.717, 1.165) is 12.8 Å². The summed E-state index contributed by atoms with van der Waals surface area (Å²) in [6.07, 6.45) is 1.74. The Hall–Kier alpha value is -1.89. The van der Waals surface area contributed by atoms with Gasteiger partial charge in [0.1, 0.15) is 0 Å². The summed E-state index contributed by atoms with van der Waals surface area (Å²) in [6.45, 7) is 1.06. The molecule has 0 aromatic heterocycles. The first kappa shape index (κ1) is 13.5. The van der Waals surface area contributed by atoms with E-state index >= 15 is 0 Å². The summed E-state index contributed by atoms with van der Waals surface area (Å²) in [5, 5.41) is 2.95. The van der Waals surface area contributed by atoms with Crippen molar-refractivity contribution in [1.29, 1.82) is 0 Å². The average Bonchev–Trinajstić information content (AvgIpc) is 2.94. The summed E-state index contributed by atoms with van der Waals surface area (Å²) in [7, 11) is -3.47. The van der Waals surface area contributed by atoms with Crippen LogP contribution in [0.5, 0.6) is 0 Å². The summed E-state index contributed by atoms with van der Waals surface area (Å²) in [4.78, 5) is 13.8. The van der Waals surface area contributed by atoms with Crippen molar-refractivity contribution >= 4 is 15.9 Å². The summed E-state index contributed by atoms with van der Waals surface area (Å²) < 4.78 is 25.8. The fourth-order valence-corrected chi connectivity index (χ4v) is 3.46. The van der Waals surface area contributed by atoms with Crippen LogP contribution in [0.15, 0.2) is 34.3 Å². The number of benzene rings is 1. The van der Waals surface area contributed by atoms with Gasteiger partial charge in [0.2, 0.25) is 15.9 Å². The molecule has 1 heterocycles. The molecule has 0 radical (unpaired) electrons. The Morgan fingerprint density at radius 2 is 1.79 bits per heavy atom. The molecule has 100 valence electrons. The Morgan fingerprint density at radius 1 is 1.21 bits per heavy atom. The van der Waals surface area contributed by atoms with Crippen molar-refractivity contribution in [1.82, 2.24) is 4.31 Å². The molecule has 0 saturated carbocycles. The first-order valence-corrected chi connectivity index (χ1v) is 7.19. The number of hydrogen-bond donors (Lipinski definition) is 0. The van der Waals surface area contributed by atoms with E-state index in [2.05, 4.69) is 10.0 Å². The van der Waals surface area contributed by atoms with Crippen molar-refractivity contribution in [3.63, 3.8) is 0 Å². The number of amides is 1. The molecule has 1 saturated heterocycles. The number of rotatable bonds is 3. The maximum Gasteiger partial charge on any atom is 0.249 e. The van der Waals surface area contributed by atoms with Crippen LogP contribution in [0.1, 0.15) is 23.2 Å². The summed E-state index contributed by atoms with van der Waals surface area (Å²) >= 11 is 0. The zero-order valence-corrected chi connectivity index (χ0v) is 10.9. The van der Waals surface area contributed by atoms with Crippen molar-refractivity contribution < 1.29 is 13.2 Å². The fourth-order valence-electron chi connectivity index (χ4n) is 1.95. The molecule has 19 heavy (non-hydrogen) atoms. The standard InChI is InChI=1S/C11H12N4O3S/c12-14-13-11(16)9-3-5-10(6-4-9)19(17,18)15-7-1-2-8-15/h3-6H,1-2,7-8H2. The first-order chi connectivity index (χ1) is 9.05. The third-order valence-corrected chi connectivity index (χ3v) is 4.85. The summed E-state index contributed by atoms with van der Waals surface area (Å²) in [5.74, 6) is -0.729. The monoisotopic (exact) mass is 280 g/mol. The number of sulfonamides is 1. The normalized spacial score (nSPS) is 16.0. The second kappa shape index (κ2) is 5.40. The Morgan fingerprint density at radius 3 is 2.32 bits per heavy atom. The Kier molecular flexibility index (Phi) is 3.84. The molecule has 1 aliphatic heterocycles. The predicted molar refractivity (Wildman–Crippen MR) is 67.9 cm³/mol. The molecule has 0 spiro atoms. The zero-order valence-electron chi connectivity index (χ0n) is 10.1. The zero-order chi connectivity index (χ0) is 13.9. The molecule has 1 aromatic rings. The van der Waals surface area contributed by atoms with Gasteiger partial charge in [-0.05, 0) is 47.8 Å². The molecular formula is C11H12N4O3S. The minimum Gasteiger partial charge on any atom is -0.287 e. The van der Waals surface area contributed by atoms with E-state index in [-0.39, 0.29) is 10.5 Å². The largest absolute Gasteiger partial charge is 0.287 e. The predicted octanol–water partition coefficient (Wildman–Crippen LogP) is 1.92. The smallest absolute Gasteiger partial charge is 0.249 e. The third kappa shape index (κ3) is 2.76. The molecule has 0 atom stereocenters. The Labute approximate surface area is 110 Å². The highest BCUT2D eigenvalue weighted by atomic mass is 32.2. The van der Waals surface area contributed by atoms with Gasteiger partial charge < -0.3 is 0 Å². The van der Waals surface area contributed by atoms with Crippen molar-refractivity contribution in [3.05, 3.63) is 40.3 Å². The van der Waals surface area contributed by atoms with Crippen LogP contribution >= 0.6 is 0 Å². The molecule has 1 aliphatic rings. The van der Waals surface area contributed by atoms with Crippen LogP contribution in [0.25, 0.3) is 10.4 Å². The Balaban J connectivity index is 2.27. The van der Waals surface area contributed by atoms with E-state index < -0.39 is 15.9 Å². The van der Waals surface area contributed by atoms with E-state index in [1.165, 1.54) is 28.6 Å². The molecule has 0 aliphatic carbocycles. The topological polar surface area (TPSA) is 103 Å². The van der Waals surface area contributed by atoms with Gasteiger partial charge in [0.15, 0.2) is 0 Å². The highest BCUT2D eigenvalue weighted by Gasteiger charge is 2.26. The molecule has 1 amide bonds. The lowest BCUT2D eigenvalue weighted by atomic mass is 10.2. The maximum absolute atomic E-state index is 12.2. The molecule has 0 N–H and O–H groups in total. The van der Waals surface area contributed by atoms with Crippen LogP contribution in [-0.4, -0.2) is 31.7 Å². The number of azide groups is 1. The van der Waals surface area contributed by atoms with Crippen molar-refractivity contribution in [2.24, 2.45) is 5.11 Å². The van der Waals surface area contributed by atoms with E-state index in [0.29, 0.717) is 13.1 Å². The lowest BCUT2D eigenvalue weighted by Gasteiger charge is -2.15. The van der Waals surface area contributed by atoms with Gasteiger partial charge in [-0.25, -0.2) is 8.42 Å². The van der Waals surface area contributed by atoms with Crippen molar-refractivity contribution in [2.45, 2.75) is 17.7 Å². The van der Waals surface area contributed by atoms with Gasteiger partial charge in [0.25, 0.3) is 0 Å². The van der Waals surface area contributed by atoms with Crippen LogP contribution in [0.2, 0.25) is 0 Å². The number of carbonyl (C=O) groups excluding carboxylic acids is 1. The SMILES string of the molecule is [N-]=[N+]=NC(=O)c1ccc(S(=O)(=O)N2CCCC2)cc1. The van der Waals surface area contributed by atoms with Gasteiger partial charge in [-0.15, -0.1) is 0 Å². The highest BCUT2D eigenvalue weighted by Crippen LogP contribution is 2.21. The van der Waals surface area contributed by atoms with Crippen LogP contribution in [0.4, 0.5) is 0 Å². The molecule has 1 fully saturated rings. The highest BCUT2D eigenvalue weighted by molar-refractivity contribution is 7.89. The van der Waals surface area contributed by atoms with E-state index in [4.69, 9.17) is 5.53 Å². The summed E-state index contributed by atoms with van der Waals surface area (Å²) in [6, 6.07) is 5.40. The number of carbonyl (C=O) groups is 1. The lowest BCUT2D eigenvalue weighted by molar-refractivity contribution is 0.100. The first-order valence-electron chi connectivity index (χ1n) is 5.75. The van der Waals surface area contributed by atoms with Gasteiger partial charge in [0.05, 0.1) is 4.90 Å². The van der Waals surface area contributed by atoms with Crippen LogP contribution in [-0.2, 0) is 10.0 Å². The second-order valence-corrected chi connectivity index (χ2v) is 6.07. The molecule has 1 aromatic carbocycles. The Bertz CT molecular complexity index is 626. The summed E-state index contributed by atoms with van der Waals surface area (Å²) in [5.41, 5.74) is 8.33. The quantitative estimate of drug-likeness (QED) is 0.480. The van der Waals surface area contributed by atoms with E-state index in [9.17, 15) is 13.2 Å². The lowest BCUT2D eigenvalue weighted by Crippen LogP contribution is -2.27. The second-order valence-electron chi connectivity index (χ2n) is 4.13. The van der Waals surface area contributed by atoms with Crippen LogP contribution in [0.3, 0.4) is 0 Å². The van der Waals surface area contributed by atoms with Crippen molar-refractivity contribution in [2.75, 3.05) is 13.1 Å². The van der Waals surface area contributed by atoms with Crippen molar-refractivity contribution in [3.8, 4) is 0 Å². The van der Waals surface area contributed by atoms with Gasteiger partial charge in [0, 0.05) is 23.6 Å². The molecule has 0 bridgehead atoms.